The van der Waals surface area contributed by atoms with Crippen LogP contribution in [0.15, 0.2) is 37.0 Å². The van der Waals surface area contributed by atoms with Crippen LogP contribution in [0.3, 0.4) is 0 Å². The zero-order valence-electron chi connectivity index (χ0n) is 27.1. The second-order valence-electron chi connectivity index (χ2n) is 12.9. The summed E-state index contributed by atoms with van der Waals surface area (Å²) >= 11 is 0. The molecule has 1 saturated heterocycles. The first-order chi connectivity index (χ1) is 20.1. The second-order valence-corrected chi connectivity index (χ2v) is 17.6. The summed E-state index contributed by atoms with van der Waals surface area (Å²) in [5.74, 6) is -1.08. The predicted octanol–water partition coefficient (Wildman–Crippen LogP) is 4.48. The third kappa shape index (κ3) is 8.50. The zero-order valence-corrected chi connectivity index (χ0v) is 28.1. The molecule has 11 heteroatoms. The van der Waals surface area contributed by atoms with Crippen molar-refractivity contribution < 1.29 is 23.5 Å². The molecule has 1 aromatic carbocycles. The van der Waals surface area contributed by atoms with Crippen molar-refractivity contribution in [1.82, 2.24) is 26.1 Å². The number of fused-ring (bicyclic) bond motifs is 1. The highest BCUT2D eigenvalue weighted by molar-refractivity contribution is 6.74. The summed E-state index contributed by atoms with van der Waals surface area (Å²) in [4.78, 5) is 43.9. The summed E-state index contributed by atoms with van der Waals surface area (Å²) in [6.45, 7) is 20.3. The lowest BCUT2D eigenvalue weighted by Crippen LogP contribution is -2.61. The number of aromatic nitrogens is 1. The Kier molecular flexibility index (Phi) is 11.3. The highest BCUT2D eigenvalue weighted by Gasteiger charge is 2.41. The number of hydrazine groups is 1. The quantitative estimate of drug-likeness (QED) is 0.251. The molecule has 0 bridgehead atoms. The molecule has 1 aromatic heterocycles. The van der Waals surface area contributed by atoms with Gasteiger partial charge in [0.15, 0.2) is 8.32 Å². The lowest BCUT2D eigenvalue weighted by molar-refractivity contribution is -0.157. The van der Waals surface area contributed by atoms with Crippen molar-refractivity contribution in [3.8, 4) is 0 Å². The van der Waals surface area contributed by atoms with E-state index in [-0.39, 0.29) is 23.0 Å². The minimum atomic E-state index is -2.10. The third-order valence-electron chi connectivity index (χ3n) is 8.55. The monoisotopic (exact) mass is 611 g/mol. The largest absolute Gasteiger partial charge is 0.457 e. The van der Waals surface area contributed by atoms with E-state index < -0.39 is 38.5 Å². The van der Waals surface area contributed by atoms with E-state index in [0.717, 1.165) is 22.0 Å². The number of amides is 2. The minimum absolute atomic E-state index is 0.00261. The number of benzene rings is 1. The van der Waals surface area contributed by atoms with Crippen LogP contribution in [0, 0.1) is 0 Å². The highest BCUT2D eigenvalue weighted by Crippen LogP contribution is 2.37. The van der Waals surface area contributed by atoms with Crippen molar-refractivity contribution in [3.63, 3.8) is 0 Å². The molecule has 0 radical (unpaired) electrons. The van der Waals surface area contributed by atoms with Gasteiger partial charge >= 0.3 is 5.97 Å². The number of carbonyl (C=O) groups is 3. The van der Waals surface area contributed by atoms with Gasteiger partial charge in [-0.3, -0.25) is 24.4 Å². The Bertz CT molecular complexity index is 1330. The Balaban J connectivity index is 1.59. The molecule has 2 amide bonds. The lowest BCUT2D eigenvalue weighted by Gasteiger charge is -2.40. The zero-order chi connectivity index (χ0) is 32.1. The maximum atomic E-state index is 13.3. The Morgan fingerprint density at radius 2 is 1.86 bits per heavy atom. The van der Waals surface area contributed by atoms with Crippen LogP contribution in [0.25, 0.3) is 16.8 Å². The molecule has 1 aliphatic rings. The molecule has 0 saturated carbocycles. The topological polar surface area (TPSA) is 122 Å². The Labute approximate surface area is 257 Å². The molecule has 1 fully saturated rings. The highest BCUT2D eigenvalue weighted by atomic mass is 28.4. The van der Waals surface area contributed by atoms with Gasteiger partial charge < -0.3 is 19.8 Å². The fraction of sp³-hybridized carbons (Fsp3) is 0.562. The van der Waals surface area contributed by atoms with Crippen LogP contribution >= 0.6 is 0 Å². The Hall–Kier alpha value is -3.12. The van der Waals surface area contributed by atoms with E-state index in [0.29, 0.717) is 19.4 Å². The number of hydrogen-bond donors (Lipinski definition) is 3. The first kappa shape index (κ1) is 34.4. The van der Waals surface area contributed by atoms with Crippen molar-refractivity contribution >= 4 is 42.9 Å². The Morgan fingerprint density at radius 1 is 1.16 bits per heavy atom. The molecule has 0 spiro atoms. The van der Waals surface area contributed by atoms with Crippen molar-refractivity contribution in [2.24, 2.45) is 0 Å². The average Bonchev–Trinajstić information content (AvgIpc) is 2.95. The summed E-state index contributed by atoms with van der Waals surface area (Å²) in [5, 5.41) is 9.25. The SMILES string of the molecule is C=Cc1cc2cc([C@@H](C)OC(=O)[C@@H]3CCCN(C(=O)[C@H](C)NC(=O)[C@@H](NC)[C@@H](C)O[Si](C)(C)C(C)(C)C)N3)ccc2cn1. The maximum Gasteiger partial charge on any atom is 0.325 e. The van der Waals surface area contributed by atoms with Crippen LogP contribution in [0.5, 0.6) is 0 Å². The first-order valence-corrected chi connectivity index (χ1v) is 17.9. The molecule has 3 rings (SSSR count). The van der Waals surface area contributed by atoms with Crippen LogP contribution < -0.4 is 16.1 Å². The normalized spacial score (nSPS) is 18.8. The molecule has 236 valence electrons. The van der Waals surface area contributed by atoms with Gasteiger partial charge in [0.25, 0.3) is 5.91 Å². The van der Waals surface area contributed by atoms with Crippen LogP contribution in [0.2, 0.25) is 18.1 Å². The summed E-state index contributed by atoms with van der Waals surface area (Å²) in [6, 6.07) is 5.67. The van der Waals surface area contributed by atoms with Crippen LogP contribution in [-0.4, -0.2) is 73.9 Å². The van der Waals surface area contributed by atoms with Gasteiger partial charge in [0.2, 0.25) is 5.91 Å². The van der Waals surface area contributed by atoms with E-state index in [1.54, 1.807) is 26.2 Å². The standard InChI is InChI=1S/C32H49N5O5Si/c1-11-26-18-25-17-23(14-15-24(25)19-34-26)21(3)41-31(40)27-13-12-16-37(36-27)30(39)20(2)35-29(38)28(33-8)22(4)42-43(9,10)32(5,6)7/h11,14-15,17-22,27-28,33,36H,1,12-13,16H2,2-10H3,(H,35,38)/t20-,21+,22+,27-,28-/m0/s1. The number of pyridine rings is 1. The predicted molar refractivity (Wildman–Crippen MR) is 172 cm³/mol. The first-order valence-electron chi connectivity index (χ1n) is 15.0. The van der Waals surface area contributed by atoms with Crippen molar-refractivity contribution in [2.75, 3.05) is 13.6 Å². The van der Waals surface area contributed by atoms with Gasteiger partial charge in [-0.15, -0.1) is 0 Å². The molecule has 10 nitrogen and oxygen atoms in total. The fourth-order valence-corrected chi connectivity index (χ4v) is 6.29. The van der Waals surface area contributed by atoms with E-state index in [1.807, 2.05) is 38.1 Å². The average molecular weight is 612 g/mol. The summed E-state index contributed by atoms with van der Waals surface area (Å²) in [7, 11) is -0.397. The Morgan fingerprint density at radius 3 is 2.49 bits per heavy atom. The van der Waals surface area contributed by atoms with E-state index in [2.05, 4.69) is 61.5 Å². The minimum Gasteiger partial charge on any atom is -0.457 e. The number of ether oxygens (including phenoxy) is 1. The van der Waals surface area contributed by atoms with Crippen molar-refractivity contribution in [3.05, 3.63) is 48.3 Å². The number of nitrogens with one attached hydrogen (secondary N) is 3. The molecular weight excluding hydrogens is 562 g/mol. The molecule has 43 heavy (non-hydrogen) atoms. The lowest BCUT2D eigenvalue weighted by atomic mass is 10.0. The number of nitrogens with zero attached hydrogens (tertiary/aromatic N) is 2. The summed E-state index contributed by atoms with van der Waals surface area (Å²) in [5.41, 5.74) is 4.65. The van der Waals surface area contributed by atoms with E-state index in [4.69, 9.17) is 9.16 Å². The molecule has 0 unspecified atom stereocenters. The second kappa shape index (κ2) is 14.1. The van der Waals surface area contributed by atoms with Gasteiger partial charge in [-0.1, -0.05) is 39.5 Å². The van der Waals surface area contributed by atoms with E-state index in [9.17, 15) is 14.4 Å². The van der Waals surface area contributed by atoms with Crippen LogP contribution in [0.4, 0.5) is 0 Å². The maximum absolute atomic E-state index is 13.3. The van der Waals surface area contributed by atoms with E-state index in [1.165, 1.54) is 5.01 Å². The van der Waals surface area contributed by atoms with Crippen LogP contribution in [-0.2, 0) is 23.5 Å². The van der Waals surface area contributed by atoms with Gasteiger partial charge in [-0.25, -0.2) is 5.43 Å². The van der Waals surface area contributed by atoms with Crippen molar-refractivity contribution in [1.29, 1.82) is 0 Å². The van der Waals surface area contributed by atoms with Crippen molar-refractivity contribution in [2.45, 2.75) is 103 Å². The number of rotatable bonds is 11. The summed E-state index contributed by atoms with van der Waals surface area (Å²) < 4.78 is 12.2. The van der Waals surface area contributed by atoms with Crippen LogP contribution in [0.1, 0.15) is 71.7 Å². The molecule has 2 heterocycles. The molecule has 1 aliphatic heterocycles. The van der Waals surface area contributed by atoms with Gasteiger partial charge in [0.1, 0.15) is 24.2 Å². The molecule has 5 atom stereocenters. The number of carbonyl (C=O) groups excluding carboxylic acids is 3. The number of likely N-dealkylation sites (N-methyl/N-ethyl adjacent to an activating group) is 1. The number of esters is 1. The molecule has 3 N–H and O–H groups in total. The summed E-state index contributed by atoms with van der Waals surface area (Å²) in [6.07, 6.45) is 3.76. The fourth-order valence-electron chi connectivity index (χ4n) is 4.87. The van der Waals surface area contributed by atoms with Gasteiger partial charge in [-0.2, -0.15) is 0 Å². The molecule has 2 aromatic rings. The molecular formula is C32H49N5O5Si. The smallest absolute Gasteiger partial charge is 0.325 e. The van der Waals surface area contributed by atoms with Gasteiger partial charge in [0.05, 0.1) is 11.8 Å². The van der Waals surface area contributed by atoms with Gasteiger partial charge in [0, 0.05) is 18.1 Å². The van der Waals surface area contributed by atoms with E-state index >= 15 is 0 Å². The molecule has 0 aliphatic carbocycles. The third-order valence-corrected chi connectivity index (χ3v) is 13.1. The number of hydrogen-bond acceptors (Lipinski definition) is 8. The van der Waals surface area contributed by atoms with Gasteiger partial charge in [-0.05, 0) is 88.0 Å².